The van der Waals surface area contributed by atoms with E-state index in [0.717, 1.165) is 23.5 Å². The van der Waals surface area contributed by atoms with Crippen LogP contribution in [0.4, 0.5) is 11.4 Å². The molecule has 0 fully saturated rings. The smallest absolute Gasteiger partial charge is 0.224 e. The Morgan fingerprint density at radius 2 is 2.12 bits per heavy atom. The number of anilines is 2. The van der Waals surface area contributed by atoms with Crippen molar-refractivity contribution in [2.24, 2.45) is 0 Å². The van der Waals surface area contributed by atoms with Gasteiger partial charge in [-0.1, -0.05) is 11.6 Å². The molecular formula is C13H17ClN2O. The second-order valence-corrected chi connectivity index (χ2v) is 5.50. The highest BCUT2D eigenvalue weighted by molar-refractivity contribution is 6.32. The first-order valence-electron chi connectivity index (χ1n) is 5.68. The van der Waals surface area contributed by atoms with E-state index in [-0.39, 0.29) is 11.4 Å². The molecule has 0 aromatic heterocycles. The van der Waals surface area contributed by atoms with E-state index in [4.69, 9.17) is 11.6 Å². The highest BCUT2D eigenvalue weighted by Gasteiger charge is 2.36. The van der Waals surface area contributed by atoms with E-state index >= 15 is 0 Å². The molecule has 1 heterocycles. The van der Waals surface area contributed by atoms with Crippen LogP contribution in [-0.2, 0) is 4.79 Å². The summed E-state index contributed by atoms with van der Waals surface area (Å²) >= 11 is 6.14. The van der Waals surface area contributed by atoms with Crippen LogP contribution in [0.2, 0.25) is 5.02 Å². The molecule has 1 N–H and O–H groups in total. The fraction of sp³-hybridized carbons (Fsp3) is 0.462. The lowest BCUT2D eigenvalue weighted by atomic mass is 9.95. The summed E-state index contributed by atoms with van der Waals surface area (Å²) in [4.78, 5) is 13.7. The third-order valence-electron chi connectivity index (χ3n) is 3.22. The summed E-state index contributed by atoms with van der Waals surface area (Å²) in [6, 6.07) is 3.79. The molecule has 92 valence electrons. The second kappa shape index (κ2) is 3.91. The lowest BCUT2D eigenvalue weighted by Gasteiger charge is -2.44. The number of rotatable bonds is 0. The predicted octanol–water partition coefficient (Wildman–Crippen LogP) is 3.21. The van der Waals surface area contributed by atoms with Crippen molar-refractivity contribution in [3.05, 3.63) is 22.7 Å². The van der Waals surface area contributed by atoms with Gasteiger partial charge in [-0.2, -0.15) is 0 Å². The molecular weight excluding hydrogens is 236 g/mol. The van der Waals surface area contributed by atoms with Crippen molar-refractivity contribution >= 4 is 28.9 Å². The Hall–Kier alpha value is -1.22. The average Bonchev–Trinajstić information content (AvgIpc) is 2.22. The molecule has 0 aliphatic carbocycles. The van der Waals surface area contributed by atoms with Gasteiger partial charge in [0.2, 0.25) is 5.91 Å². The molecule has 2 rings (SSSR count). The average molecular weight is 253 g/mol. The summed E-state index contributed by atoms with van der Waals surface area (Å²) in [5, 5.41) is 4.04. The van der Waals surface area contributed by atoms with Gasteiger partial charge in [-0.3, -0.25) is 4.79 Å². The molecule has 0 saturated heterocycles. The van der Waals surface area contributed by atoms with Gasteiger partial charge in [-0.05, 0) is 38.5 Å². The van der Waals surface area contributed by atoms with Gasteiger partial charge < -0.3 is 10.2 Å². The molecule has 0 bridgehead atoms. The minimum absolute atomic E-state index is 0.0446. The van der Waals surface area contributed by atoms with E-state index < -0.39 is 0 Å². The number of nitrogens with zero attached hydrogens (tertiary/aromatic N) is 1. The second-order valence-electron chi connectivity index (χ2n) is 5.09. The van der Waals surface area contributed by atoms with E-state index in [9.17, 15) is 4.79 Å². The summed E-state index contributed by atoms with van der Waals surface area (Å²) in [5.74, 6) is 0.0446. The molecule has 3 nitrogen and oxygen atoms in total. The lowest BCUT2D eigenvalue weighted by Crippen LogP contribution is -2.54. The van der Waals surface area contributed by atoms with E-state index in [2.05, 4.69) is 5.32 Å². The summed E-state index contributed by atoms with van der Waals surface area (Å²) < 4.78 is 0. The quantitative estimate of drug-likeness (QED) is 0.769. The van der Waals surface area contributed by atoms with Gasteiger partial charge in [-0.15, -0.1) is 0 Å². The van der Waals surface area contributed by atoms with Crippen LogP contribution in [0.3, 0.4) is 0 Å². The van der Waals surface area contributed by atoms with Crippen molar-refractivity contribution in [1.29, 1.82) is 0 Å². The molecule has 1 aliphatic heterocycles. The van der Waals surface area contributed by atoms with Crippen LogP contribution in [-0.4, -0.2) is 18.0 Å². The van der Waals surface area contributed by atoms with Crippen molar-refractivity contribution in [3.63, 3.8) is 0 Å². The number of carbonyl (C=O) groups excluding carboxylic acids is 1. The lowest BCUT2D eigenvalue weighted by molar-refractivity contribution is -0.117. The molecule has 17 heavy (non-hydrogen) atoms. The Kier molecular flexibility index (Phi) is 2.82. The normalized spacial score (nSPS) is 17.4. The maximum absolute atomic E-state index is 11.9. The van der Waals surface area contributed by atoms with Crippen molar-refractivity contribution in [1.82, 2.24) is 0 Å². The number of amides is 1. The van der Waals surface area contributed by atoms with Gasteiger partial charge in [0.25, 0.3) is 0 Å². The number of hydrogen-bond acceptors (Lipinski definition) is 2. The van der Waals surface area contributed by atoms with Crippen LogP contribution in [0, 0.1) is 6.92 Å². The molecule has 1 aromatic rings. The zero-order valence-electron chi connectivity index (χ0n) is 10.6. The van der Waals surface area contributed by atoms with Gasteiger partial charge in [0.05, 0.1) is 16.9 Å². The molecule has 0 unspecified atom stereocenters. The fourth-order valence-corrected chi connectivity index (χ4v) is 2.54. The van der Waals surface area contributed by atoms with Gasteiger partial charge in [0.1, 0.15) is 0 Å². The van der Waals surface area contributed by atoms with Crippen molar-refractivity contribution < 1.29 is 4.79 Å². The Bertz CT molecular complexity index is 483. The number of halogens is 1. The zero-order chi connectivity index (χ0) is 12.8. The number of carbonyl (C=O) groups is 1. The van der Waals surface area contributed by atoms with Gasteiger partial charge in [0.15, 0.2) is 0 Å². The van der Waals surface area contributed by atoms with E-state index in [1.165, 1.54) is 0 Å². The highest BCUT2D eigenvalue weighted by atomic mass is 35.5. The number of benzene rings is 1. The van der Waals surface area contributed by atoms with Crippen molar-refractivity contribution in [2.45, 2.75) is 33.2 Å². The Labute approximate surface area is 107 Å². The first-order chi connectivity index (χ1) is 7.84. The Balaban J connectivity index is 2.67. The Morgan fingerprint density at radius 1 is 1.47 bits per heavy atom. The van der Waals surface area contributed by atoms with E-state index in [0.29, 0.717) is 5.02 Å². The molecule has 1 amide bonds. The van der Waals surface area contributed by atoms with E-state index in [1.54, 1.807) is 6.92 Å². The van der Waals surface area contributed by atoms with Gasteiger partial charge in [0, 0.05) is 18.5 Å². The number of fused-ring (bicyclic) bond motifs is 1. The largest absolute Gasteiger partial charge is 0.381 e. The molecule has 0 radical (unpaired) electrons. The third kappa shape index (κ3) is 1.89. The summed E-state index contributed by atoms with van der Waals surface area (Å²) in [7, 11) is 0. The van der Waals surface area contributed by atoms with Crippen molar-refractivity contribution in [2.75, 3.05) is 16.8 Å². The maximum atomic E-state index is 11.9. The van der Waals surface area contributed by atoms with Gasteiger partial charge >= 0.3 is 0 Å². The van der Waals surface area contributed by atoms with Gasteiger partial charge in [-0.25, -0.2) is 0 Å². The topological polar surface area (TPSA) is 32.3 Å². The molecule has 0 atom stereocenters. The summed E-state index contributed by atoms with van der Waals surface area (Å²) in [5.41, 5.74) is 2.58. The minimum atomic E-state index is -0.242. The van der Waals surface area contributed by atoms with Crippen LogP contribution >= 0.6 is 11.6 Å². The minimum Gasteiger partial charge on any atom is -0.381 e. The summed E-state index contributed by atoms with van der Waals surface area (Å²) in [6.07, 6.45) is 0. The van der Waals surface area contributed by atoms with E-state index in [1.807, 2.05) is 37.8 Å². The van der Waals surface area contributed by atoms with Crippen LogP contribution < -0.4 is 10.2 Å². The first kappa shape index (κ1) is 12.2. The van der Waals surface area contributed by atoms with Crippen LogP contribution in [0.15, 0.2) is 12.1 Å². The number of nitrogens with one attached hydrogen (secondary N) is 1. The molecule has 1 aromatic carbocycles. The van der Waals surface area contributed by atoms with Crippen LogP contribution in [0.25, 0.3) is 0 Å². The predicted molar refractivity (Wildman–Crippen MR) is 71.9 cm³/mol. The molecule has 0 saturated carbocycles. The van der Waals surface area contributed by atoms with Crippen LogP contribution in [0.5, 0.6) is 0 Å². The highest BCUT2D eigenvalue weighted by Crippen LogP contribution is 2.41. The fourth-order valence-electron chi connectivity index (χ4n) is 2.38. The molecule has 1 aliphatic rings. The standard InChI is InChI=1S/C13H17ClN2O/c1-8-10(14)5-6-11-12(8)16(9(2)17)13(3,4)7-15-11/h5-6,15H,7H2,1-4H3. The number of hydrogen-bond donors (Lipinski definition) is 1. The Morgan fingerprint density at radius 3 is 2.71 bits per heavy atom. The zero-order valence-corrected chi connectivity index (χ0v) is 11.4. The van der Waals surface area contributed by atoms with Crippen molar-refractivity contribution in [3.8, 4) is 0 Å². The SMILES string of the molecule is CC(=O)N1c2c(ccc(Cl)c2C)NCC1(C)C. The molecule has 0 spiro atoms. The first-order valence-corrected chi connectivity index (χ1v) is 6.06. The maximum Gasteiger partial charge on any atom is 0.224 e. The van der Waals surface area contributed by atoms with Crippen LogP contribution in [0.1, 0.15) is 26.3 Å². The monoisotopic (exact) mass is 252 g/mol. The molecule has 4 heteroatoms. The summed E-state index contributed by atoms with van der Waals surface area (Å²) in [6.45, 7) is 8.37. The third-order valence-corrected chi connectivity index (χ3v) is 3.63.